The first-order valence-electron chi connectivity index (χ1n) is 8.88. The number of nitrogens with one attached hydrogen (secondary N) is 1. The second-order valence-electron chi connectivity index (χ2n) is 7.47. The molecular formula is C22H19BrClNO2. The fourth-order valence-electron chi connectivity index (χ4n) is 4.79. The molecule has 3 unspecified atom stereocenters. The second kappa shape index (κ2) is 6.61. The summed E-state index contributed by atoms with van der Waals surface area (Å²) in [5.74, 6) is -0.468. The minimum Gasteiger partial charge on any atom is -0.325 e. The molecule has 1 fully saturated rings. The van der Waals surface area contributed by atoms with Gasteiger partial charge in [0, 0.05) is 39.9 Å². The van der Waals surface area contributed by atoms with Crippen LogP contribution in [0.3, 0.4) is 0 Å². The third-order valence-electron chi connectivity index (χ3n) is 5.86. The standard InChI is InChI=1S/C22H19BrClNO2/c1-12(2)18-10-16(26)11-19(13-4-3-5-15(24)8-13)22(18)17-7-6-14(23)9-20(17)25-21(22)27/h3-9,18-19H,1,10-11H2,2H3,(H,25,27). The Labute approximate surface area is 171 Å². The molecule has 1 aliphatic carbocycles. The molecule has 2 aliphatic rings. The molecule has 1 aliphatic heterocycles. The van der Waals surface area contributed by atoms with E-state index in [1.807, 2.05) is 43.3 Å². The van der Waals surface area contributed by atoms with Gasteiger partial charge in [0.1, 0.15) is 5.78 Å². The zero-order valence-electron chi connectivity index (χ0n) is 14.9. The Morgan fingerprint density at radius 2 is 2.00 bits per heavy atom. The molecule has 2 aromatic rings. The van der Waals surface area contributed by atoms with E-state index in [0.717, 1.165) is 26.9 Å². The number of halogens is 2. The van der Waals surface area contributed by atoms with E-state index in [0.29, 0.717) is 17.9 Å². The van der Waals surface area contributed by atoms with Gasteiger partial charge in [-0.15, -0.1) is 0 Å². The van der Waals surface area contributed by atoms with Crippen molar-refractivity contribution in [3.8, 4) is 0 Å². The largest absolute Gasteiger partial charge is 0.325 e. The highest BCUT2D eigenvalue weighted by atomic mass is 79.9. The maximum Gasteiger partial charge on any atom is 0.236 e. The van der Waals surface area contributed by atoms with Crippen molar-refractivity contribution in [3.05, 3.63) is 75.2 Å². The Kier molecular flexibility index (Phi) is 4.52. The summed E-state index contributed by atoms with van der Waals surface area (Å²) >= 11 is 9.72. The van der Waals surface area contributed by atoms with Gasteiger partial charge in [-0.1, -0.05) is 57.9 Å². The molecule has 1 amide bonds. The lowest BCUT2D eigenvalue weighted by Crippen LogP contribution is -2.51. The van der Waals surface area contributed by atoms with Crippen molar-refractivity contribution in [2.45, 2.75) is 31.1 Å². The summed E-state index contributed by atoms with van der Waals surface area (Å²) in [6.07, 6.45) is 0.641. The molecule has 1 heterocycles. The summed E-state index contributed by atoms with van der Waals surface area (Å²) in [6, 6.07) is 13.3. The highest BCUT2D eigenvalue weighted by molar-refractivity contribution is 9.10. The van der Waals surface area contributed by atoms with Crippen LogP contribution >= 0.6 is 27.5 Å². The van der Waals surface area contributed by atoms with Crippen molar-refractivity contribution in [2.24, 2.45) is 5.92 Å². The first-order chi connectivity index (χ1) is 12.8. The van der Waals surface area contributed by atoms with Crippen LogP contribution in [0.2, 0.25) is 5.02 Å². The average Bonchev–Trinajstić information content (AvgIpc) is 2.88. The number of carbonyl (C=O) groups is 2. The molecule has 0 saturated heterocycles. The Balaban J connectivity index is 2.01. The number of benzene rings is 2. The first kappa shape index (κ1) is 18.5. The van der Waals surface area contributed by atoms with Crippen LogP contribution in [0.5, 0.6) is 0 Å². The highest BCUT2D eigenvalue weighted by Crippen LogP contribution is 2.58. The number of carbonyl (C=O) groups excluding carboxylic acids is 2. The molecule has 0 radical (unpaired) electrons. The van der Waals surface area contributed by atoms with Crippen LogP contribution in [-0.4, -0.2) is 11.7 Å². The fourth-order valence-corrected chi connectivity index (χ4v) is 5.35. The summed E-state index contributed by atoms with van der Waals surface area (Å²) < 4.78 is 0.900. The highest BCUT2D eigenvalue weighted by Gasteiger charge is 2.60. The molecule has 4 rings (SSSR count). The van der Waals surface area contributed by atoms with Gasteiger partial charge in [-0.2, -0.15) is 0 Å². The normalized spacial score (nSPS) is 26.8. The number of allylic oxidation sites excluding steroid dienone is 1. The van der Waals surface area contributed by atoms with Crippen LogP contribution < -0.4 is 5.32 Å². The predicted molar refractivity (Wildman–Crippen MR) is 111 cm³/mol. The van der Waals surface area contributed by atoms with E-state index in [-0.39, 0.29) is 23.5 Å². The van der Waals surface area contributed by atoms with Crippen LogP contribution in [-0.2, 0) is 15.0 Å². The third kappa shape index (κ3) is 2.77. The van der Waals surface area contributed by atoms with Gasteiger partial charge >= 0.3 is 0 Å². The molecule has 3 nitrogen and oxygen atoms in total. The van der Waals surface area contributed by atoms with Gasteiger partial charge in [0.15, 0.2) is 0 Å². The molecule has 138 valence electrons. The number of amides is 1. The van der Waals surface area contributed by atoms with Crippen LogP contribution in [0.1, 0.15) is 36.8 Å². The van der Waals surface area contributed by atoms with Crippen molar-refractivity contribution < 1.29 is 9.59 Å². The average molecular weight is 445 g/mol. The summed E-state index contributed by atoms with van der Waals surface area (Å²) in [5.41, 5.74) is 2.62. The number of anilines is 1. The second-order valence-corrected chi connectivity index (χ2v) is 8.82. The SMILES string of the molecule is C=C(C)C1CC(=O)CC(c2cccc(Cl)c2)C12C(=O)Nc1cc(Br)ccc12. The number of ketones is 1. The first-order valence-corrected chi connectivity index (χ1v) is 10.0. The number of rotatable bonds is 2. The lowest BCUT2D eigenvalue weighted by atomic mass is 9.54. The maximum absolute atomic E-state index is 13.5. The lowest BCUT2D eigenvalue weighted by Gasteiger charge is -2.46. The quantitative estimate of drug-likeness (QED) is 0.610. The van der Waals surface area contributed by atoms with Crippen LogP contribution in [0.4, 0.5) is 5.69 Å². The minimum absolute atomic E-state index is 0.0684. The van der Waals surface area contributed by atoms with Crippen LogP contribution in [0.25, 0.3) is 0 Å². The van der Waals surface area contributed by atoms with Gasteiger partial charge in [-0.3, -0.25) is 9.59 Å². The Bertz CT molecular complexity index is 986. The molecule has 27 heavy (non-hydrogen) atoms. The molecule has 1 saturated carbocycles. The van der Waals surface area contributed by atoms with E-state index in [4.69, 9.17) is 11.6 Å². The van der Waals surface area contributed by atoms with Gasteiger partial charge in [0.05, 0.1) is 5.41 Å². The number of hydrogen-bond donors (Lipinski definition) is 1. The predicted octanol–water partition coefficient (Wildman–Crippen LogP) is 5.63. The van der Waals surface area contributed by atoms with E-state index in [1.54, 1.807) is 6.07 Å². The number of Topliss-reactive ketones (excluding diaryl/α,β-unsaturated/α-hetero) is 1. The van der Waals surface area contributed by atoms with Crippen LogP contribution in [0, 0.1) is 5.92 Å². The van der Waals surface area contributed by atoms with E-state index in [1.165, 1.54) is 0 Å². The smallest absolute Gasteiger partial charge is 0.236 e. The van der Waals surface area contributed by atoms with Crippen molar-refractivity contribution in [3.63, 3.8) is 0 Å². The van der Waals surface area contributed by atoms with Gasteiger partial charge in [0.25, 0.3) is 0 Å². The molecule has 0 aromatic heterocycles. The van der Waals surface area contributed by atoms with Crippen molar-refractivity contribution >= 4 is 44.9 Å². The van der Waals surface area contributed by atoms with Crippen molar-refractivity contribution in [1.82, 2.24) is 0 Å². The molecular weight excluding hydrogens is 426 g/mol. The minimum atomic E-state index is -0.861. The number of hydrogen-bond acceptors (Lipinski definition) is 2. The molecule has 0 bridgehead atoms. The summed E-state index contributed by atoms with van der Waals surface area (Å²) in [7, 11) is 0. The van der Waals surface area contributed by atoms with E-state index < -0.39 is 5.41 Å². The Morgan fingerprint density at radius 1 is 1.22 bits per heavy atom. The summed E-state index contributed by atoms with van der Waals surface area (Å²) in [6.45, 7) is 6.04. The monoisotopic (exact) mass is 443 g/mol. The Hall–Kier alpha value is -1.91. The maximum atomic E-state index is 13.5. The van der Waals surface area contributed by atoms with Crippen molar-refractivity contribution in [2.75, 3.05) is 5.32 Å². The van der Waals surface area contributed by atoms with Gasteiger partial charge < -0.3 is 5.32 Å². The molecule has 3 atom stereocenters. The summed E-state index contributed by atoms with van der Waals surface area (Å²) in [4.78, 5) is 26.1. The summed E-state index contributed by atoms with van der Waals surface area (Å²) in [5, 5.41) is 3.66. The van der Waals surface area contributed by atoms with E-state index in [9.17, 15) is 9.59 Å². The topological polar surface area (TPSA) is 46.2 Å². The fraction of sp³-hybridized carbons (Fsp3) is 0.273. The molecule has 2 aromatic carbocycles. The lowest BCUT2D eigenvalue weighted by molar-refractivity contribution is -0.130. The van der Waals surface area contributed by atoms with Gasteiger partial charge in [-0.05, 0) is 42.3 Å². The Morgan fingerprint density at radius 3 is 2.70 bits per heavy atom. The zero-order chi connectivity index (χ0) is 19.3. The zero-order valence-corrected chi connectivity index (χ0v) is 17.2. The molecule has 1 N–H and O–H groups in total. The van der Waals surface area contributed by atoms with Gasteiger partial charge in [-0.25, -0.2) is 0 Å². The molecule has 1 spiro atoms. The van der Waals surface area contributed by atoms with Gasteiger partial charge in [0.2, 0.25) is 5.91 Å². The molecule has 5 heteroatoms. The van der Waals surface area contributed by atoms with Crippen molar-refractivity contribution in [1.29, 1.82) is 0 Å². The van der Waals surface area contributed by atoms with Crippen LogP contribution in [0.15, 0.2) is 59.1 Å². The van der Waals surface area contributed by atoms with E-state index in [2.05, 4.69) is 27.8 Å². The van der Waals surface area contributed by atoms with E-state index >= 15 is 0 Å². The number of fused-ring (bicyclic) bond motifs is 2. The third-order valence-corrected chi connectivity index (χ3v) is 6.59.